The molecule has 0 saturated carbocycles. The van der Waals surface area contributed by atoms with Crippen LogP contribution in [0.5, 0.6) is 0 Å². The monoisotopic (exact) mass is 428 g/mol. The molecule has 0 atom stereocenters. The van der Waals surface area contributed by atoms with Crippen LogP contribution in [0, 0.1) is 12.3 Å². The second kappa shape index (κ2) is 9.28. The minimum absolute atomic E-state index is 0.382. The Bertz CT molecular complexity index is 1120. The van der Waals surface area contributed by atoms with Gasteiger partial charge in [-0.15, -0.1) is 23.1 Å². The molecule has 29 heavy (non-hydrogen) atoms. The summed E-state index contributed by atoms with van der Waals surface area (Å²) < 4.78 is 1.93. The lowest BCUT2D eigenvalue weighted by Crippen LogP contribution is -2.19. The van der Waals surface area contributed by atoms with E-state index in [0.717, 1.165) is 47.6 Å². The van der Waals surface area contributed by atoms with Gasteiger partial charge in [-0.2, -0.15) is 0 Å². The number of thiophene rings is 1. The zero-order chi connectivity index (χ0) is 21.0. The van der Waals surface area contributed by atoms with Gasteiger partial charge in [-0.25, -0.2) is 0 Å². The first-order valence-electron chi connectivity index (χ1n) is 9.29. The summed E-state index contributed by atoms with van der Waals surface area (Å²) in [5.41, 5.74) is 15.2. The van der Waals surface area contributed by atoms with Crippen LogP contribution in [-0.4, -0.2) is 22.5 Å². The molecule has 1 amide bonds. The van der Waals surface area contributed by atoms with Crippen molar-refractivity contribution in [1.29, 1.82) is 5.41 Å². The molecule has 1 aliphatic carbocycles. The van der Waals surface area contributed by atoms with Crippen molar-refractivity contribution < 1.29 is 9.59 Å². The zero-order valence-electron chi connectivity index (χ0n) is 16.2. The number of carbonyl (C=O) groups is 2. The summed E-state index contributed by atoms with van der Waals surface area (Å²) in [6, 6.07) is 9.92. The normalized spacial score (nSPS) is 12.3. The Morgan fingerprint density at radius 2 is 2.10 bits per heavy atom. The molecule has 152 valence electrons. The molecule has 0 aliphatic heterocycles. The number of nitrogens with zero attached hydrogens (tertiary/aromatic N) is 1. The number of benzene rings is 1. The third kappa shape index (κ3) is 4.54. The van der Waals surface area contributed by atoms with E-state index in [1.54, 1.807) is 0 Å². The van der Waals surface area contributed by atoms with Gasteiger partial charge in [-0.1, -0.05) is 18.2 Å². The van der Waals surface area contributed by atoms with Crippen LogP contribution >= 0.6 is 23.1 Å². The number of aldehydes is 1. The van der Waals surface area contributed by atoms with E-state index in [2.05, 4.69) is 6.07 Å². The summed E-state index contributed by atoms with van der Waals surface area (Å²) in [4.78, 5) is 22.6. The lowest BCUT2D eigenvalue weighted by atomic mass is 10.1. The van der Waals surface area contributed by atoms with Crippen LogP contribution in [0.3, 0.4) is 0 Å². The van der Waals surface area contributed by atoms with Crippen LogP contribution in [0.4, 0.5) is 5.00 Å². The number of amides is 1. The van der Waals surface area contributed by atoms with Crippen LogP contribution in [0.2, 0.25) is 0 Å². The van der Waals surface area contributed by atoms with Gasteiger partial charge in [-0.3, -0.25) is 10.2 Å². The maximum atomic E-state index is 11.0. The first kappa shape index (κ1) is 21.1. The van der Waals surface area contributed by atoms with Gasteiger partial charge in [0.2, 0.25) is 0 Å². The first-order valence-corrected chi connectivity index (χ1v) is 11.3. The number of nitrogens with one attached hydrogen (secondary N) is 1. The second-order valence-corrected chi connectivity index (χ2v) is 8.92. The van der Waals surface area contributed by atoms with Gasteiger partial charge in [0.25, 0.3) is 5.91 Å². The molecule has 0 saturated heterocycles. The van der Waals surface area contributed by atoms with Crippen molar-refractivity contribution in [3.63, 3.8) is 0 Å². The summed E-state index contributed by atoms with van der Waals surface area (Å²) in [6.45, 7) is 2.02. The third-order valence-electron chi connectivity index (χ3n) is 4.86. The Morgan fingerprint density at radius 3 is 2.83 bits per heavy atom. The van der Waals surface area contributed by atoms with E-state index in [1.165, 1.54) is 28.0 Å². The average Bonchev–Trinajstić information content (AvgIpc) is 3.24. The van der Waals surface area contributed by atoms with Gasteiger partial charge in [0.15, 0.2) is 0 Å². The number of nitrogens with two attached hydrogens (primary N) is 2. The Labute approximate surface area is 177 Å². The number of hydrogen-bond acceptors (Lipinski definition) is 6. The standard InChI is InChI=1S/C13H14N2OS.C8H10N2OS/c1-10-8-13(14)15(9-17-7-6-16)12-5-3-2-4-11(10)12;9-7(11)6-4-2-1-3-5(4)12-8(6)10/h2-6,8,14H,7,9H2,1H3;1-3,10H2,(H2,9,11). The summed E-state index contributed by atoms with van der Waals surface area (Å²) in [5.74, 6) is 0.722. The van der Waals surface area contributed by atoms with Crippen molar-refractivity contribution in [3.05, 3.63) is 57.4 Å². The molecule has 6 nitrogen and oxygen atoms in total. The molecule has 2 heterocycles. The predicted molar refractivity (Wildman–Crippen MR) is 120 cm³/mol. The number of hydrogen-bond donors (Lipinski definition) is 3. The molecule has 1 aliphatic rings. The number of nitrogen functional groups attached to an aromatic ring is 1. The molecule has 0 radical (unpaired) electrons. The van der Waals surface area contributed by atoms with Crippen molar-refractivity contribution in [1.82, 2.24) is 4.57 Å². The first-order chi connectivity index (χ1) is 13.9. The van der Waals surface area contributed by atoms with E-state index in [0.29, 0.717) is 27.7 Å². The fraction of sp³-hybridized carbons (Fsp3) is 0.286. The number of rotatable bonds is 5. The molecule has 2 aromatic heterocycles. The minimum Gasteiger partial charge on any atom is -0.390 e. The van der Waals surface area contributed by atoms with Gasteiger partial charge in [0.05, 0.1) is 27.7 Å². The zero-order valence-corrected chi connectivity index (χ0v) is 17.9. The van der Waals surface area contributed by atoms with Crippen molar-refractivity contribution >= 4 is 51.2 Å². The molecule has 0 spiro atoms. The van der Waals surface area contributed by atoms with E-state index in [9.17, 15) is 9.59 Å². The molecule has 0 unspecified atom stereocenters. The minimum atomic E-state index is -0.382. The van der Waals surface area contributed by atoms with E-state index >= 15 is 0 Å². The smallest absolute Gasteiger partial charge is 0.251 e. The average molecular weight is 429 g/mol. The number of aromatic nitrogens is 1. The van der Waals surface area contributed by atoms with E-state index in [4.69, 9.17) is 16.9 Å². The molecule has 0 fully saturated rings. The fourth-order valence-corrected chi connectivity index (χ4v) is 5.39. The van der Waals surface area contributed by atoms with Crippen LogP contribution < -0.4 is 17.0 Å². The number of fused-ring (bicyclic) bond motifs is 2. The van der Waals surface area contributed by atoms with Gasteiger partial charge in [0, 0.05) is 10.3 Å². The highest BCUT2D eigenvalue weighted by molar-refractivity contribution is 7.98. The highest BCUT2D eigenvalue weighted by Gasteiger charge is 2.23. The van der Waals surface area contributed by atoms with Crippen molar-refractivity contribution in [3.8, 4) is 0 Å². The third-order valence-corrected chi connectivity index (χ3v) is 6.80. The Morgan fingerprint density at radius 1 is 1.34 bits per heavy atom. The summed E-state index contributed by atoms with van der Waals surface area (Å²) in [5, 5.41) is 9.74. The van der Waals surface area contributed by atoms with Crippen LogP contribution in [0.1, 0.15) is 32.8 Å². The Kier molecular flexibility index (Phi) is 6.76. The molecule has 8 heteroatoms. The van der Waals surface area contributed by atoms with Gasteiger partial charge < -0.3 is 20.8 Å². The molecule has 4 rings (SSSR count). The molecule has 3 aromatic rings. The quantitative estimate of drug-likeness (QED) is 0.427. The highest BCUT2D eigenvalue weighted by Crippen LogP contribution is 2.36. The molecule has 0 bridgehead atoms. The number of anilines is 1. The largest absolute Gasteiger partial charge is 0.390 e. The van der Waals surface area contributed by atoms with Crippen molar-refractivity contribution in [2.75, 3.05) is 11.5 Å². The molecule has 5 N–H and O–H groups in total. The molecule has 1 aromatic carbocycles. The van der Waals surface area contributed by atoms with Gasteiger partial charge in [0.1, 0.15) is 11.8 Å². The number of para-hydroxylation sites is 1. The number of carbonyl (C=O) groups excluding carboxylic acids is 2. The number of aryl methyl sites for hydroxylation is 2. The number of pyridine rings is 1. The fourth-order valence-electron chi connectivity index (χ4n) is 3.56. The predicted octanol–water partition coefficient (Wildman–Crippen LogP) is 3.24. The van der Waals surface area contributed by atoms with Gasteiger partial charge in [-0.05, 0) is 49.4 Å². The highest BCUT2D eigenvalue weighted by atomic mass is 32.2. The van der Waals surface area contributed by atoms with E-state index < -0.39 is 0 Å². The topological polar surface area (TPSA) is 115 Å². The van der Waals surface area contributed by atoms with E-state index in [-0.39, 0.29) is 5.91 Å². The van der Waals surface area contributed by atoms with Crippen LogP contribution in [-0.2, 0) is 23.5 Å². The maximum absolute atomic E-state index is 11.0. The summed E-state index contributed by atoms with van der Waals surface area (Å²) in [6.07, 6.45) is 4.03. The summed E-state index contributed by atoms with van der Waals surface area (Å²) in [7, 11) is 0. The second-order valence-electron chi connectivity index (χ2n) is 6.79. The molecular weight excluding hydrogens is 404 g/mol. The van der Waals surface area contributed by atoms with Gasteiger partial charge >= 0.3 is 0 Å². The summed E-state index contributed by atoms with van der Waals surface area (Å²) >= 11 is 3.02. The Balaban J connectivity index is 0.000000176. The van der Waals surface area contributed by atoms with Crippen molar-refractivity contribution in [2.24, 2.45) is 5.73 Å². The lowest BCUT2D eigenvalue weighted by molar-refractivity contribution is -0.105. The number of primary amides is 1. The maximum Gasteiger partial charge on any atom is 0.251 e. The molecular formula is C21H24N4O2S2. The van der Waals surface area contributed by atoms with Crippen molar-refractivity contribution in [2.45, 2.75) is 32.1 Å². The Hall–Kier alpha value is -2.58. The number of thioether (sulfide) groups is 1. The lowest BCUT2D eigenvalue weighted by Gasteiger charge is -2.12. The SMILES string of the molecule is Cc1cc(=N)n(CSCC=O)c2ccccc12.NC(=O)c1c(N)sc2c1CCC2. The van der Waals surface area contributed by atoms with Crippen LogP contribution in [0.25, 0.3) is 10.9 Å². The van der Waals surface area contributed by atoms with Crippen LogP contribution in [0.15, 0.2) is 30.3 Å². The van der Waals surface area contributed by atoms with E-state index in [1.807, 2.05) is 35.8 Å².